The fourth-order valence-electron chi connectivity index (χ4n) is 4.00. The Hall–Kier alpha value is -2.61. The summed E-state index contributed by atoms with van der Waals surface area (Å²) in [4.78, 5) is 28.3. The Labute approximate surface area is 175 Å². The van der Waals surface area contributed by atoms with Gasteiger partial charge in [0.2, 0.25) is 0 Å². The molecule has 0 radical (unpaired) electrons. The van der Waals surface area contributed by atoms with E-state index >= 15 is 0 Å². The number of nitrogens with one attached hydrogen (secondary N) is 2. The van der Waals surface area contributed by atoms with E-state index in [1.807, 2.05) is 0 Å². The molecule has 0 bridgehead atoms. The van der Waals surface area contributed by atoms with Gasteiger partial charge in [-0.1, -0.05) is 23.2 Å². The lowest BCUT2D eigenvalue weighted by Gasteiger charge is -2.47. The molecule has 2 aromatic carbocycles. The minimum atomic E-state index is -1.06. The third-order valence-electron chi connectivity index (χ3n) is 5.42. The van der Waals surface area contributed by atoms with Crippen molar-refractivity contribution in [2.45, 2.75) is 18.6 Å². The largest absolute Gasteiger partial charge is 0.466 e. The average Bonchev–Trinajstić information content (AvgIpc) is 3.19. The molecule has 1 saturated heterocycles. The van der Waals surface area contributed by atoms with Crippen molar-refractivity contribution < 1.29 is 14.3 Å². The predicted octanol–water partition coefficient (Wildman–Crippen LogP) is 3.62. The number of H-pyrrole nitrogens is 1. The number of carbonyl (C=O) groups excluding carboxylic acids is 2. The summed E-state index contributed by atoms with van der Waals surface area (Å²) in [6.07, 6.45) is 2.55. The molecule has 0 aliphatic carbocycles. The van der Waals surface area contributed by atoms with Crippen LogP contribution in [0.3, 0.4) is 0 Å². The first-order valence-corrected chi connectivity index (χ1v) is 9.95. The van der Waals surface area contributed by atoms with Gasteiger partial charge in [0.1, 0.15) is 5.75 Å². The number of nitrogens with zero attached hydrogens (tertiary/aromatic N) is 2. The van der Waals surface area contributed by atoms with Gasteiger partial charge in [-0.2, -0.15) is 5.10 Å². The molecule has 148 valence electrons. The molecule has 2 amide bonds. The molecular formula is C20H16Cl2N4O3. The molecule has 0 saturated carbocycles. The van der Waals surface area contributed by atoms with E-state index in [9.17, 15) is 9.59 Å². The Morgan fingerprint density at radius 2 is 1.97 bits per heavy atom. The number of piperidine rings is 1. The van der Waals surface area contributed by atoms with Crippen LogP contribution in [0.4, 0.5) is 0 Å². The van der Waals surface area contributed by atoms with Crippen molar-refractivity contribution >= 4 is 45.9 Å². The molecule has 3 aromatic rings. The van der Waals surface area contributed by atoms with Gasteiger partial charge in [0.15, 0.2) is 5.72 Å². The van der Waals surface area contributed by atoms with Crippen molar-refractivity contribution in [1.29, 1.82) is 0 Å². The van der Waals surface area contributed by atoms with Crippen molar-refractivity contribution in [2.24, 2.45) is 0 Å². The second kappa shape index (κ2) is 6.73. The van der Waals surface area contributed by atoms with Crippen LogP contribution in [0.15, 0.2) is 36.5 Å². The Kier molecular flexibility index (Phi) is 4.27. The summed E-state index contributed by atoms with van der Waals surface area (Å²) in [6.45, 7) is 1.25. The average molecular weight is 431 g/mol. The second-order valence-corrected chi connectivity index (χ2v) is 8.02. The summed E-state index contributed by atoms with van der Waals surface area (Å²) in [5.41, 5.74) is 0.144. The molecule has 29 heavy (non-hydrogen) atoms. The minimum Gasteiger partial charge on any atom is -0.466 e. The summed E-state index contributed by atoms with van der Waals surface area (Å²) >= 11 is 12.4. The van der Waals surface area contributed by atoms with Gasteiger partial charge in [-0.15, -0.1) is 0 Å². The van der Waals surface area contributed by atoms with Gasteiger partial charge >= 0.3 is 0 Å². The summed E-state index contributed by atoms with van der Waals surface area (Å²) in [5.74, 6) is -0.453. The zero-order chi connectivity index (χ0) is 20.2. The van der Waals surface area contributed by atoms with E-state index in [0.29, 0.717) is 58.2 Å². The van der Waals surface area contributed by atoms with Crippen LogP contribution >= 0.6 is 23.2 Å². The van der Waals surface area contributed by atoms with Gasteiger partial charge in [-0.25, -0.2) is 4.90 Å². The van der Waals surface area contributed by atoms with Crippen LogP contribution < -0.4 is 10.1 Å². The highest BCUT2D eigenvalue weighted by Crippen LogP contribution is 2.40. The van der Waals surface area contributed by atoms with Crippen molar-refractivity contribution in [3.63, 3.8) is 0 Å². The first kappa shape index (κ1) is 18.4. The maximum Gasteiger partial charge on any atom is 0.267 e. The third kappa shape index (κ3) is 2.88. The summed E-state index contributed by atoms with van der Waals surface area (Å²) in [5, 5.41) is 11.5. The number of aromatic nitrogens is 2. The van der Waals surface area contributed by atoms with Crippen molar-refractivity contribution in [1.82, 2.24) is 20.4 Å². The molecule has 0 unspecified atom stereocenters. The number of hydrogen-bond acceptors (Lipinski definition) is 5. The molecule has 2 N–H and O–H groups in total. The Balaban J connectivity index is 1.64. The van der Waals surface area contributed by atoms with E-state index in [1.165, 1.54) is 11.0 Å². The van der Waals surface area contributed by atoms with Gasteiger partial charge in [-0.05, 0) is 30.3 Å². The number of carbonyl (C=O) groups is 2. The fourth-order valence-corrected chi connectivity index (χ4v) is 4.44. The number of benzene rings is 2. The molecule has 9 heteroatoms. The molecule has 1 aromatic heterocycles. The number of ether oxygens (including phenoxy) is 1. The van der Waals surface area contributed by atoms with Gasteiger partial charge in [0.25, 0.3) is 11.8 Å². The van der Waals surface area contributed by atoms with Gasteiger partial charge in [0, 0.05) is 41.9 Å². The van der Waals surface area contributed by atoms with E-state index in [2.05, 4.69) is 15.5 Å². The zero-order valence-electron chi connectivity index (χ0n) is 15.2. The number of hydrogen-bond donors (Lipinski definition) is 2. The number of aromatic amines is 1. The van der Waals surface area contributed by atoms with Crippen LogP contribution in [0.1, 0.15) is 33.6 Å². The van der Waals surface area contributed by atoms with E-state index in [1.54, 1.807) is 30.5 Å². The first-order chi connectivity index (χ1) is 14.0. The second-order valence-electron chi connectivity index (χ2n) is 7.18. The monoisotopic (exact) mass is 430 g/mol. The van der Waals surface area contributed by atoms with Gasteiger partial charge < -0.3 is 10.1 Å². The first-order valence-electron chi connectivity index (χ1n) is 9.19. The summed E-state index contributed by atoms with van der Waals surface area (Å²) in [7, 11) is 0. The molecule has 2 aliphatic rings. The highest BCUT2D eigenvalue weighted by molar-refractivity contribution is 6.35. The Morgan fingerprint density at radius 1 is 1.17 bits per heavy atom. The van der Waals surface area contributed by atoms with Gasteiger partial charge in [-0.3, -0.25) is 14.7 Å². The molecule has 1 fully saturated rings. The fraction of sp³-hybridized carbons (Fsp3) is 0.250. The molecule has 0 atom stereocenters. The number of halogens is 2. The van der Waals surface area contributed by atoms with Crippen LogP contribution in [-0.2, 0) is 0 Å². The summed E-state index contributed by atoms with van der Waals surface area (Å²) in [6, 6.07) is 8.09. The van der Waals surface area contributed by atoms with Crippen molar-refractivity contribution in [2.75, 3.05) is 13.1 Å². The topological polar surface area (TPSA) is 87.3 Å². The van der Waals surface area contributed by atoms with Crippen LogP contribution in [0.25, 0.3) is 10.9 Å². The molecule has 7 nitrogen and oxygen atoms in total. The number of amides is 2. The lowest BCUT2D eigenvalue weighted by Crippen LogP contribution is -2.64. The molecule has 3 heterocycles. The Bertz CT molecular complexity index is 1150. The molecular weight excluding hydrogens is 415 g/mol. The van der Waals surface area contributed by atoms with Gasteiger partial charge in [0.05, 0.1) is 22.3 Å². The lowest BCUT2D eigenvalue weighted by atomic mass is 9.94. The number of fused-ring (bicyclic) bond motifs is 2. The predicted molar refractivity (Wildman–Crippen MR) is 109 cm³/mol. The van der Waals surface area contributed by atoms with Crippen LogP contribution in [-0.4, -0.2) is 45.7 Å². The van der Waals surface area contributed by atoms with Crippen molar-refractivity contribution in [3.05, 3.63) is 57.7 Å². The van der Waals surface area contributed by atoms with E-state index in [4.69, 9.17) is 27.9 Å². The van der Waals surface area contributed by atoms with Crippen LogP contribution in [0.5, 0.6) is 5.75 Å². The van der Waals surface area contributed by atoms with E-state index < -0.39 is 17.5 Å². The quantitative estimate of drug-likeness (QED) is 0.575. The van der Waals surface area contributed by atoms with E-state index in [-0.39, 0.29) is 5.56 Å². The summed E-state index contributed by atoms with van der Waals surface area (Å²) < 4.78 is 6.28. The third-order valence-corrected chi connectivity index (χ3v) is 5.95. The van der Waals surface area contributed by atoms with Crippen LogP contribution in [0.2, 0.25) is 10.0 Å². The highest BCUT2D eigenvalue weighted by Gasteiger charge is 2.51. The maximum atomic E-state index is 13.6. The Morgan fingerprint density at radius 3 is 2.76 bits per heavy atom. The number of rotatable bonds is 1. The molecule has 5 rings (SSSR count). The SMILES string of the molecule is O=C(c1cc(Cl)c2[nH]ncc2c1)N1C(=O)c2cc(Cl)ccc2OC12CCNCC2. The van der Waals surface area contributed by atoms with E-state index in [0.717, 1.165) is 0 Å². The standard InChI is InChI=1S/C20H16Cl2N4O3/c21-13-1-2-16-14(9-13)19(28)26(20(29-16)3-5-23-6-4-20)18(27)11-7-12-10-24-25-17(12)15(22)8-11/h1-2,7-10,23H,3-6H2,(H,24,25). The van der Waals surface area contributed by atoms with Crippen molar-refractivity contribution in [3.8, 4) is 5.75 Å². The zero-order valence-corrected chi connectivity index (χ0v) is 16.7. The number of imide groups is 1. The highest BCUT2D eigenvalue weighted by atomic mass is 35.5. The maximum absolute atomic E-state index is 13.6. The molecule has 1 spiro atoms. The normalized spacial score (nSPS) is 18.0. The molecule has 2 aliphatic heterocycles. The van der Waals surface area contributed by atoms with Crippen LogP contribution in [0, 0.1) is 0 Å². The smallest absolute Gasteiger partial charge is 0.267 e. The minimum absolute atomic E-state index is 0.269. The lowest BCUT2D eigenvalue weighted by molar-refractivity contribution is -0.0776.